The molecule has 0 amide bonds. The largest absolute Gasteiger partial charge is 0.465 e. The fourth-order valence-electron chi connectivity index (χ4n) is 2.02. The van der Waals surface area contributed by atoms with Crippen molar-refractivity contribution < 1.29 is 4.42 Å². The van der Waals surface area contributed by atoms with E-state index in [4.69, 9.17) is 16.0 Å². The Hall–Kier alpha value is -2.44. The highest BCUT2D eigenvalue weighted by Gasteiger charge is 2.13. The third-order valence-electron chi connectivity index (χ3n) is 3.06. The zero-order chi connectivity index (χ0) is 14.9. The molecule has 0 atom stereocenters. The third-order valence-corrected chi connectivity index (χ3v) is 4.32. The SMILES string of the molecule is Clc1ccccc1-c1nn2c(/C=C/c3ccco3)nnc2s1. The fraction of sp³-hybridized carbons (Fsp3) is 0. The topological polar surface area (TPSA) is 56.2 Å². The van der Waals surface area contributed by atoms with Crippen molar-refractivity contribution in [3.05, 3.63) is 59.3 Å². The number of rotatable bonds is 3. The monoisotopic (exact) mass is 328 g/mol. The van der Waals surface area contributed by atoms with Gasteiger partial charge < -0.3 is 4.42 Å². The van der Waals surface area contributed by atoms with Crippen LogP contribution in [0.5, 0.6) is 0 Å². The molecule has 1 aromatic carbocycles. The number of aromatic nitrogens is 4. The van der Waals surface area contributed by atoms with Gasteiger partial charge in [-0.1, -0.05) is 41.1 Å². The lowest BCUT2D eigenvalue weighted by molar-refractivity contribution is 0.557. The average Bonchev–Trinajstić information content (AvgIpc) is 3.23. The summed E-state index contributed by atoms with van der Waals surface area (Å²) in [4.78, 5) is 0.717. The van der Waals surface area contributed by atoms with E-state index >= 15 is 0 Å². The van der Waals surface area contributed by atoms with E-state index < -0.39 is 0 Å². The van der Waals surface area contributed by atoms with Gasteiger partial charge in [-0.15, -0.1) is 10.2 Å². The number of hydrogen-bond donors (Lipinski definition) is 0. The van der Waals surface area contributed by atoms with Crippen LogP contribution in [0.25, 0.3) is 27.7 Å². The summed E-state index contributed by atoms with van der Waals surface area (Å²) >= 11 is 7.66. The Kier molecular flexibility index (Phi) is 3.25. The summed E-state index contributed by atoms with van der Waals surface area (Å²) in [6, 6.07) is 11.3. The van der Waals surface area contributed by atoms with Crippen LogP contribution in [0.1, 0.15) is 11.6 Å². The number of nitrogens with zero attached hydrogens (tertiary/aromatic N) is 4. The molecular weight excluding hydrogens is 320 g/mol. The van der Waals surface area contributed by atoms with E-state index in [0.29, 0.717) is 15.8 Å². The van der Waals surface area contributed by atoms with Gasteiger partial charge in [-0.05, 0) is 30.4 Å². The number of furan rings is 1. The predicted octanol–water partition coefficient (Wildman–Crippen LogP) is 4.27. The molecule has 0 saturated carbocycles. The highest BCUT2D eigenvalue weighted by Crippen LogP contribution is 2.31. The predicted molar refractivity (Wildman–Crippen MR) is 86.7 cm³/mol. The molecule has 0 fully saturated rings. The third kappa shape index (κ3) is 2.32. The Balaban J connectivity index is 1.75. The standard InChI is InChI=1S/C15H9ClN4OS/c16-12-6-2-1-5-11(12)14-19-20-13(17-18-15(20)22-14)8-7-10-4-3-9-21-10/h1-9H/b8-7+. The summed E-state index contributed by atoms with van der Waals surface area (Å²) in [6.07, 6.45) is 5.26. The van der Waals surface area contributed by atoms with Gasteiger partial charge in [0, 0.05) is 5.56 Å². The van der Waals surface area contributed by atoms with Gasteiger partial charge in [0.2, 0.25) is 4.96 Å². The van der Waals surface area contributed by atoms with Crippen molar-refractivity contribution in [2.45, 2.75) is 0 Å². The summed E-state index contributed by atoms with van der Waals surface area (Å²) in [6.45, 7) is 0. The van der Waals surface area contributed by atoms with Crippen LogP contribution < -0.4 is 0 Å². The number of benzene rings is 1. The van der Waals surface area contributed by atoms with E-state index in [0.717, 1.165) is 16.3 Å². The van der Waals surface area contributed by atoms with Crippen molar-refractivity contribution in [3.63, 3.8) is 0 Å². The molecule has 0 aliphatic heterocycles. The molecule has 108 valence electrons. The van der Waals surface area contributed by atoms with E-state index in [-0.39, 0.29) is 0 Å². The van der Waals surface area contributed by atoms with Crippen molar-refractivity contribution >= 4 is 40.1 Å². The molecule has 4 rings (SSSR count). The first-order chi connectivity index (χ1) is 10.8. The van der Waals surface area contributed by atoms with Gasteiger partial charge in [0.1, 0.15) is 10.8 Å². The fourth-order valence-corrected chi connectivity index (χ4v) is 3.19. The lowest BCUT2D eigenvalue weighted by Crippen LogP contribution is -1.89. The second-order valence-electron chi connectivity index (χ2n) is 4.49. The summed E-state index contributed by atoms with van der Waals surface area (Å²) in [5, 5.41) is 14.3. The molecule has 0 saturated heterocycles. The van der Waals surface area contributed by atoms with Crippen LogP contribution in [0.15, 0.2) is 47.1 Å². The Morgan fingerprint density at radius 3 is 2.82 bits per heavy atom. The van der Waals surface area contributed by atoms with Gasteiger partial charge in [0.05, 0.1) is 11.3 Å². The quantitative estimate of drug-likeness (QED) is 0.563. The van der Waals surface area contributed by atoms with E-state index in [1.54, 1.807) is 10.8 Å². The zero-order valence-corrected chi connectivity index (χ0v) is 12.8. The molecule has 5 nitrogen and oxygen atoms in total. The van der Waals surface area contributed by atoms with Crippen LogP contribution in [-0.4, -0.2) is 19.8 Å². The molecule has 0 aliphatic carbocycles. The minimum absolute atomic E-state index is 0.640. The minimum Gasteiger partial charge on any atom is -0.465 e. The number of hydrogen-bond acceptors (Lipinski definition) is 5. The van der Waals surface area contributed by atoms with E-state index in [1.165, 1.54) is 11.3 Å². The summed E-state index contributed by atoms with van der Waals surface area (Å²) in [5.74, 6) is 1.39. The van der Waals surface area contributed by atoms with Crippen molar-refractivity contribution in [2.75, 3.05) is 0 Å². The molecular formula is C15H9ClN4OS. The molecule has 0 spiro atoms. The molecule has 3 aromatic heterocycles. The molecule has 22 heavy (non-hydrogen) atoms. The van der Waals surface area contributed by atoms with Gasteiger partial charge >= 0.3 is 0 Å². The molecule has 0 aliphatic rings. The van der Waals surface area contributed by atoms with Crippen molar-refractivity contribution in [2.24, 2.45) is 0 Å². The highest BCUT2D eigenvalue weighted by molar-refractivity contribution is 7.19. The molecule has 4 aromatic rings. The first-order valence-electron chi connectivity index (χ1n) is 6.50. The Morgan fingerprint density at radius 2 is 2.00 bits per heavy atom. The summed E-state index contributed by atoms with van der Waals surface area (Å²) < 4.78 is 6.95. The Morgan fingerprint density at radius 1 is 1.09 bits per heavy atom. The molecule has 0 radical (unpaired) electrons. The molecule has 0 bridgehead atoms. The Labute approximate surface area is 134 Å². The second-order valence-corrected chi connectivity index (χ2v) is 5.85. The van der Waals surface area contributed by atoms with Crippen LogP contribution in [0.3, 0.4) is 0 Å². The van der Waals surface area contributed by atoms with Gasteiger partial charge in [-0.3, -0.25) is 0 Å². The molecule has 7 heteroatoms. The number of halogens is 1. The van der Waals surface area contributed by atoms with Crippen molar-refractivity contribution in [3.8, 4) is 10.6 Å². The normalized spacial score (nSPS) is 11.7. The van der Waals surface area contributed by atoms with Crippen LogP contribution in [-0.2, 0) is 0 Å². The smallest absolute Gasteiger partial charge is 0.235 e. The van der Waals surface area contributed by atoms with Gasteiger partial charge in [0.25, 0.3) is 0 Å². The maximum absolute atomic E-state index is 6.22. The van der Waals surface area contributed by atoms with Crippen molar-refractivity contribution in [1.29, 1.82) is 0 Å². The van der Waals surface area contributed by atoms with Crippen LogP contribution in [0.2, 0.25) is 5.02 Å². The summed E-state index contributed by atoms with van der Waals surface area (Å²) in [5.41, 5.74) is 0.889. The van der Waals surface area contributed by atoms with Crippen molar-refractivity contribution in [1.82, 2.24) is 19.8 Å². The highest BCUT2D eigenvalue weighted by atomic mass is 35.5. The maximum atomic E-state index is 6.22. The second kappa shape index (κ2) is 5.40. The van der Waals surface area contributed by atoms with E-state index in [9.17, 15) is 0 Å². The minimum atomic E-state index is 0.640. The first-order valence-corrected chi connectivity index (χ1v) is 7.69. The number of fused-ring (bicyclic) bond motifs is 1. The van der Waals surface area contributed by atoms with Gasteiger partial charge in [0.15, 0.2) is 5.82 Å². The molecule has 3 heterocycles. The Bertz CT molecular complexity index is 955. The first kappa shape index (κ1) is 13.2. The summed E-state index contributed by atoms with van der Waals surface area (Å²) in [7, 11) is 0. The van der Waals surface area contributed by atoms with Crippen LogP contribution in [0.4, 0.5) is 0 Å². The van der Waals surface area contributed by atoms with Gasteiger partial charge in [-0.25, -0.2) is 0 Å². The zero-order valence-electron chi connectivity index (χ0n) is 11.2. The van der Waals surface area contributed by atoms with Gasteiger partial charge in [-0.2, -0.15) is 9.61 Å². The lowest BCUT2D eigenvalue weighted by Gasteiger charge is -1.97. The van der Waals surface area contributed by atoms with E-state index in [2.05, 4.69) is 15.3 Å². The average molecular weight is 329 g/mol. The van der Waals surface area contributed by atoms with Crippen LogP contribution >= 0.6 is 22.9 Å². The van der Waals surface area contributed by atoms with E-state index in [1.807, 2.05) is 48.6 Å². The van der Waals surface area contributed by atoms with Crippen LogP contribution in [0, 0.1) is 0 Å². The maximum Gasteiger partial charge on any atom is 0.235 e. The molecule has 0 unspecified atom stereocenters. The molecule has 0 N–H and O–H groups in total. The lowest BCUT2D eigenvalue weighted by atomic mass is 10.2.